The third kappa shape index (κ3) is 2.85. The van der Waals surface area contributed by atoms with E-state index < -0.39 is 0 Å². The van der Waals surface area contributed by atoms with E-state index in [0.717, 1.165) is 32.2 Å². The molecule has 2 rings (SSSR count). The number of halogens is 1. The van der Waals surface area contributed by atoms with Crippen molar-refractivity contribution in [2.45, 2.75) is 13.5 Å². The highest BCUT2D eigenvalue weighted by molar-refractivity contribution is 14.1. The van der Waals surface area contributed by atoms with E-state index >= 15 is 0 Å². The molecule has 0 amide bonds. The largest absolute Gasteiger partial charge is 0.399 e. The molecule has 0 aliphatic heterocycles. The second-order valence-corrected chi connectivity index (χ2v) is 5.68. The van der Waals surface area contributed by atoms with Crippen molar-refractivity contribution in [2.75, 3.05) is 11.1 Å². The van der Waals surface area contributed by atoms with Crippen LogP contribution in [0, 0.1) is 10.5 Å². The first-order valence-corrected chi connectivity index (χ1v) is 6.81. The summed E-state index contributed by atoms with van der Waals surface area (Å²) < 4.78 is 1.13. The zero-order valence-corrected chi connectivity index (χ0v) is 11.8. The Morgan fingerprint density at radius 1 is 1.50 bits per heavy atom. The highest BCUT2D eigenvalue weighted by Gasteiger charge is 2.01. The molecule has 1 aromatic heterocycles. The maximum Gasteiger partial charge on any atom is 0.0898 e. The summed E-state index contributed by atoms with van der Waals surface area (Å²) in [6.07, 6.45) is 0. The highest BCUT2D eigenvalue weighted by atomic mass is 127. The van der Waals surface area contributed by atoms with Crippen LogP contribution in [0.4, 0.5) is 11.4 Å². The first-order chi connectivity index (χ1) is 7.65. The summed E-state index contributed by atoms with van der Waals surface area (Å²) in [5, 5.41) is 6.53. The molecule has 0 fully saturated rings. The Hall–Kier alpha value is -0.820. The summed E-state index contributed by atoms with van der Waals surface area (Å²) in [6, 6.07) is 5.85. The standard InChI is InChI=1S/C11H12IN3S/c1-7-15-9(6-16-7)5-14-11-3-2-8(13)4-10(11)12/h2-4,6,14H,5,13H2,1H3. The molecule has 0 atom stereocenters. The smallest absolute Gasteiger partial charge is 0.0898 e. The zero-order chi connectivity index (χ0) is 11.5. The van der Waals surface area contributed by atoms with Crippen molar-refractivity contribution in [1.82, 2.24) is 4.98 Å². The van der Waals surface area contributed by atoms with Gasteiger partial charge in [0.1, 0.15) is 0 Å². The van der Waals surface area contributed by atoms with Gasteiger partial charge in [-0.2, -0.15) is 0 Å². The van der Waals surface area contributed by atoms with Crippen LogP contribution in [-0.4, -0.2) is 4.98 Å². The number of nitrogens with one attached hydrogen (secondary N) is 1. The number of nitrogens with zero attached hydrogens (tertiary/aromatic N) is 1. The number of thiazole rings is 1. The van der Waals surface area contributed by atoms with Gasteiger partial charge >= 0.3 is 0 Å². The van der Waals surface area contributed by atoms with Crippen molar-refractivity contribution < 1.29 is 0 Å². The molecule has 0 saturated carbocycles. The average Bonchev–Trinajstić information content (AvgIpc) is 2.63. The van der Waals surface area contributed by atoms with E-state index in [-0.39, 0.29) is 0 Å². The van der Waals surface area contributed by atoms with E-state index in [9.17, 15) is 0 Å². The fourth-order valence-electron chi connectivity index (χ4n) is 1.35. The molecular weight excluding hydrogens is 333 g/mol. The van der Waals surface area contributed by atoms with E-state index in [0.29, 0.717) is 0 Å². The van der Waals surface area contributed by atoms with Gasteiger partial charge in [0, 0.05) is 20.3 Å². The van der Waals surface area contributed by atoms with Crippen LogP contribution in [0.5, 0.6) is 0 Å². The Balaban J connectivity index is 2.04. The van der Waals surface area contributed by atoms with Crippen molar-refractivity contribution in [3.05, 3.63) is 37.9 Å². The van der Waals surface area contributed by atoms with Gasteiger partial charge in [-0.25, -0.2) is 4.98 Å². The molecular formula is C11H12IN3S. The minimum absolute atomic E-state index is 0.754. The van der Waals surface area contributed by atoms with Crippen LogP contribution >= 0.6 is 33.9 Å². The molecule has 0 saturated heterocycles. The summed E-state index contributed by atoms with van der Waals surface area (Å²) in [5.74, 6) is 0. The predicted octanol–water partition coefficient (Wildman–Crippen LogP) is 3.25. The lowest BCUT2D eigenvalue weighted by molar-refractivity contribution is 1.05. The van der Waals surface area contributed by atoms with Gasteiger partial charge in [0.15, 0.2) is 0 Å². The third-order valence-corrected chi connectivity index (χ3v) is 3.83. The van der Waals surface area contributed by atoms with Crippen LogP contribution in [0.3, 0.4) is 0 Å². The van der Waals surface area contributed by atoms with E-state index in [1.165, 1.54) is 0 Å². The predicted molar refractivity (Wildman–Crippen MR) is 77.7 cm³/mol. The van der Waals surface area contributed by atoms with Crippen molar-refractivity contribution >= 4 is 45.3 Å². The van der Waals surface area contributed by atoms with Gasteiger partial charge in [0.25, 0.3) is 0 Å². The lowest BCUT2D eigenvalue weighted by atomic mass is 10.3. The maximum absolute atomic E-state index is 5.69. The van der Waals surface area contributed by atoms with Gasteiger partial charge in [-0.05, 0) is 47.7 Å². The van der Waals surface area contributed by atoms with Crippen LogP contribution in [0.1, 0.15) is 10.7 Å². The first kappa shape index (κ1) is 11.7. The Morgan fingerprint density at radius 3 is 2.94 bits per heavy atom. The highest BCUT2D eigenvalue weighted by Crippen LogP contribution is 2.21. The number of anilines is 2. The van der Waals surface area contributed by atoms with Crippen molar-refractivity contribution in [1.29, 1.82) is 0 Å². The van der Waals surface area contributed by atoms with E-state index in [2.05, 4.69) is 38.3 Å². The van der Waals surface area contributed by atoms with Crippen molar-refractivity contribution in [2.24, 2.45) is 0 Å². The minimum atomic E-state index is 0.754. The molecule has 0 aliphatic rings. The minimum Gasteiger partial charge on any atom is -0.399 e. The quantitative estimate of drug-likeness (QED) is 0.663. The molecule has 0 radical (unpaired) electrons. The summed E-state index contributed by atoms with van der Waals surface area (Å²) in [6.45, 7) is 2.77. The normalized spacial score (nSPS) is 10.4. The Kier molecular flexibility index (Phi) is 3.65. The van der Waals surface area contributed by atoms with Gasteiger partial charge in [0.05, 0.1) is 17.2 Å². The van der Waals surface area contributed by atoms with Gasteiger partial charge in [0.2, 0.25) is 0 Å². The monoisotopic (exact) mass is 345 g/mol. The van der Waals surface area contributed by atoms with Crippen molar-refractivity contribution in [3.8, 4) is 0 Å². The molecule has 0 spiro atoms. The van der Waals surface area contributed by atoms with Crippen molar-refractivity contribution in [3.63, 3.8) is 0 Å². The fraction of sp³-hybridized carbons (Fsp3) is 0.182. The molecule has 1 aromatic carbocycles. The van der Waals surface area contributed by atoms with Gasteiger partial charge in [-0.3, -0.25) is 0 Å². The van der Waals surface area contributed by atoms with Crippen LogP contribution in [0.2, 0.25) is 0 Å². The molecule has 16 heavy (non-hydrogen) atoms. The van der Waals surface area contributed by atoms with E-state index in [1.54, 1.807) is 11.3 Å². The Bertz CT molecular complexity index is 496. The van der Waals surface area contributed by atoms with Crippen LogP contribution in [0.15, 0.2) is 23.6 Å². The number of benzene rings is 1. The lowest BCUT2D eigenvalue weighted by Gasteiger charge is -2.07. The summed E-state index contributed by atoms with van der Waals surface area (Å²) in [7, 11) is 0. The molecule has 5 heteroatoms. The lowest BCUT2D eigenvalue weighted by Crippen LogP contribution is -2.01. The topological polar surface area (TPSA) is 50.9 Å². The van der Waals surface area contributed by atoms with Crippen LogP contribution in [0.25, 0.3) is 0 Å². The molecule has 0 unspecified atom stereocenters. The average molecular weight is 345 g/mol. The van der Waals surface area contributed by atoms with Gasteiger partial charge < -0.3 is 11.1 Å². The number of nitrogen functional groups attached to an aromatic ring is 1. The maximum atomic E-state index is 5.69. The molecule has 0 aliphatic carbocycles. The Morgan fingerprint density at radius 2 is 2.31 bits per heavy atom. The molecule has 2 aromatic rings. The van der Waals surface area contributed by atoms with E-state index in [4.69, 9.17) is 5.73 Å². The zero-order valence-electron chi connectivity index (χ0n) is 8.83. The third-order valence-electron chi connectivity index (χ3n) is 2.12. The first-order valence-electron chi connectivity index (χ1n) is 4.85. The fourth-order valence-corrected chi connectivity index (χ4v) is 2.69. The van der Waals surface area contributed by atoms with Gasteiger partial charge in [-0.15, -0.1) is 11.3 Å². The van der Waals surface area contributed by atoms with Crippen LogP contribution in [-0.2, 0) is 6.54 Å². The summed E-state index contributed by atoms with van der Waals surface area (Å²) in [4.78, 5) is 4.40. The summed E-state index contributed by atoms with van der Waals surface area (Å²) in [5.41, 5.74) is 8.66. The number of hydrogen-bond donors (Lipinski definition) is 2. The SMILES string of the molecule is Cc1nc(CNc2ccc(N)cc2I)cs1. The molecule has 84 valence electrons. The van der Waals surface area contributed by atoms with Crippen LogP contribution < -0.4 is 11.1 Å². The number of aryl methyl sites for hydroxylation is 1. The van der Waals surface area contributed by atoms with E-state index in [1.807, 2.05) is 25.1 Å². The number of nitrogens with two attached hydrogens (primary N) is 1. The molecule has 1 heterocycles. The molecule has 0 bridgehead atoms. The molecule has 3 nitrogen and oxygen atoms in total. The second-order valence-electron chi connectivity index (χ2n) is 3.45. The van der Waals surface area contributed by atoms with Gasteiger partial charge in [-0.1, -0.05) is 0 Å². The summed E-state index contributed by atoms with van der Waals surface area (Å²) >= 11 is 3.95. The second kappa shape index (κ2) is 5.01. The number of rotatable bonds is 3. The number of hydrogen-bond acceptors (Lipinski definition) is 4. The molecule has 3 N–H and O–H groups in total. The Labute approximate surface area is 112 Å². The number of aromatic nitrogens is 1.